The molecular formula is C15H22N4O. The van der Waals surface area contributed by atoms with Crippen LogP contribution < -0.4 is 5.73 Å². The molecule has 0 fully saturated rings. The predicted octanol–water partition coefficient (Wildman–Crippen LogP) is 2.75. The number of hydrogen-bond acceptors (Lipinski definition) is 5. The van der Waals surface area contributed by atoms with E-state index in [9.17, 15) is 0 Å². The fourth-order valence-electron chi connectivity index (χ4n) is 2.25. The van der Waals surface area contributed by atoms with Crippen molar-refractivity contribution in [3.8, 4) is 11.4 Å². The molecule has 0 spiro atoms. The Morgan fingerprint density at radius 3 is 2.75 bits per heavy atom. The Hall–Kier alpha value is -1.75. The van der Waals surface area contributed by atoms with Gasteiger partial charge in [-0.3, -0.25) is 4.98 Å². The van der Waals surface area contributed by atoms with Crippen LogP contribution in [0, 0.1) is 12.3 Å². The van der Waals surface area contributed by atoms with E-state index >= 15 is 0 Å². The van der Waals surface area contributed by atoms with Gasteiger partial charge in [-0.1, -0.05) is 25.9 Å². The van der Waals surface area contributed by atoms with E-state index in [1.54, 1.807) is 12.4 Å². The summed E-state index contributed by atoms with van der Waals surface area (Å²) < 4.78 is 5.30. The largest absolute Gasteiger partial charge is 0.339 e. The Morgan fingerprint density at radius 1 is 1.35 bits per heavy atom. The quantitative estimate of drug-likeness (QED) is 0.927. The molecule has 2 N–H and O–H groups in total. The van der Waals surface area contributed by atoms with Gasteiger partial charge in [0.1, 0.15) is 0 Å². The molecule has 20 heavy (non-hydrogen) atoms. The standard InChI is InChI=1S/C15H22N4O/c1-10-9-17-6-5-12(10)14-18-13(20-19-14)7-11(16)8-15(2,3)4/h5-6,9,11H,7-8,16H2,1-4H3. The minimum Gasteiger partial charge on any atom is -0.339 e. The van der Waals surface area contributed by atoms with E-state index in [1.807, 2.05) is 13.0 Å². The summed E-state index contributed by atoms with van der Waals surface area (Å²) in [5.74, 6) is 1.19. The molecule has 5 nitrogen and oxygen atoms in total. The highest BCUT2D eigenvalue weighted by Gasteiger charge is 2.19. The molecule has 0 aliphatic carbocycles. The van der Waals surface area contributed by atoms with E-state index in [-0.39, 0.29) is 11.5 Å². The van der Waals surface area contributed by atoms with Crippen LogP contribution in [0.25, 0.3) is 11.4 Å². The molecule has 0 bridgehead atoms. The van der Waals surface area contributed by atoms with Gasteiger partial charge in [0.15, 0.2) is 0 Å². The second-order valence-electron chi connectivity index (χ2n) is 6.43. The van der Waals surface area contributed by atoms with Gasteiger partial charge in [-0.05, 0) is 30.4 Å². The highest BCUT2D eigenvalue weighted by Crippen LogP contribution is 2.23. The lowest BCUT2D eigenvalue weighted by molar-refractivity contribution is 0.313. The van der Waals surface area contributed by atoms with Crippen molar-refractivity contribution in [2.45, 2.75) is 46.6 Å². The zero-order valence-corrected chi connectivity index (χ0v) is 12.6. The number of hydrogen-bond donors (Lipinski definition) is 1. The molecule has 5 heteroatoms. The molecule has 2 aromatic heterocycles. The number of nitrogens with two attached hydrogens (primary N) is 1. The first-order valence-corrected chi connectivity index (χ1v) is 6.84. The zero-order valence-electron chi connectivity index (χ0n) is 12.6. The van der Waals surface area contributed by atoms with Crippen LogP contribution >= 0.6 is 0 Å². The molecule has 0 amide bonds. The lowest BCUT2D eigenvalue weighted by Gasteiger charge is -2.21. The minimum atomic E-state index is 0.0295. The Labute approximate surface area is 119 Å². The molecule has 2 heterocycles. The number of pyridine rings is 1. The summed E-state index contributed by atoms with van der Waals surface area (Å²) in [6.07, 6.45) is 5.04. The fourth-order valence-corrected chi connectivity index (χ4v) is 2.25. The summed E-state index contributed by atoms with van der Waals surface area (Å²) in [7, 11) is 0. The lowest BCUT2D eigenvalue weighted by Crippen LogP contribution is -2.28. The van der Waals surface area contributed by atoms with Crippen molar-refractivity contribution in [1.29, 1.82) is 0 Å². The van der Waals surface area contributed by atoms with Crippen LogP contribution in [0.4, 0.5) is 0 Å². The monoisotopic (exact) mass is 274 g/mol. The summed E-state index contributed by atoms with van der Waals surface area (Å²) >= 11 is 0. The first-order valence-electron chi connectivity index (χ1n) is 6.84. The van der Waals surface area contributed by atoms with Crippen molar-refractivity contribution < 1.29 is 4.52 Å². The van der Waals surface area contributed by atoms with Gasteiger partial charge in [0.2, 0.25) is 11.7 Å². The summed E-state index contributed by atoms with van der Waals surface area (Å²) in [6.45, 7) is 8.50. The average Bonchev–Trinajstić information content (AvgIpc) is 2.75. The summed E-state index contributed by atoms with van der Waals surface area (Å²) in [4.78, 5) is 8.49. The highest BCUT2D eigenvalue weighted by molar-refractivity contribution is 5.57. The topological polar surface area (TPSA) is 77.8 Å². The summed E-state index contributed by atoms with van der Waals surface area (Å²) in [5, 5.41) is 4.03. The maximum atomic E-state index is 6.13. The minimum absolute atomic E-state index is 0.0295. The zero-order chi connectivity index (χ0) is 14.8. The number of rotatable bonds is 4. The normalized spacial score (nSPS) is 13.4. The molecular weight excluding hydrogens is 252 g/mol. The van der Waals surface area contributed by atoms with Gasteiger partial charge in [-0.25, -0.2) is 0 Å². The third kappa shape index (κ3) is 3.87. The van der Waals surface area contributed by atoms with Gasteiger partial charge in [0.05, 0.1) is 0 Å². The van der Waals surface area contributed by atoms with E-state index in [4.69, 9.17) is 10.3 Å². The Balaban J connectivity index is 2.08. The Morgan fingerprint density at radius 2 is 2.10 bits per heavy atom. The molecule has 0 aromatic carbocycles. The Kier molecular flexibility index (Phi) is 4.18. The molecule has 1 unspecified atom stereocenters. The summed E-state index contributed by atoms with van der Waals surface area (Å²) in [6, 6.07) is 1.92. The van der Waals surface area contributed by atoms with E-state index in [2.05, 4.69) is 35.9 Å². The average molecular weight is 274 g/mol. The predicted molar refractivity (Wildman–Crippen MR) is 78.0 cm³/mol. The second-order valence-corrected chi connectivity index (χ2v) is 6.43. The van der Waals surface area contributed by atoms with Crippen molar-refractivity contribution in [2.24, 2.45) is 11.1 Å². The molecule has 0 saturated heterocycles. The molecule has 2 aromatic rings. The van der Waals surface area contributed by atoms with Gasteiger partial charge in [0.25, 0.3) is 0 Å². The molecule has 0 radical (unpaired) electrons. The smallest absolute Gasteiger partial charge is 0.228 e. The van der Waals surface area contributed by atoms with Crippen LogP contribution in [0.3, 0.4) is 0 Å². The molecule has 2 rings (SSSR count). The van der Waals surface area contributed by atoms with Gasteiger partial charge < -0.3 is 10.3 Å². The maximum absolute atomic E-state index is 6.13. The van der Waals surface area contributed by atoms with Gasteiger partial charge in [0, 0.05) is 30.4 Å². The SMILES string of the molecule is Cc1cnccc1-c1noc(CC(N)CC(C)(C)C)n1. The second kappa shape index (κ2) is 5.71. The van der Waals surface area contributed by atoms with Crippen molar-refractivity contribution in [2.75, 3.05) is 0 Å². The van der Waals surface area contributed by atoms with E-state index < -0.39 is 0 Å². The van der Waals surface area contributed by atoms with Crippen molar-refractivity contribution in [3.63, 3.8) is 0 Å². The third-order valence-corrected chi connectivity index (χ3v) is 3.04. The first-order chi connectivity index (χ1) is 9.35. The van der Waals surface area contributed by atoms with E-state index in [0.29, 0.717) is 18.1 Å². The molecule has 0 aliphatic heterocycles. The van der Waals surface area contributed by atoms with Crippen LogP contribution in [0.1, 0.15) is 38.6 Å². The maximum Gasteiger partial charge on any atom is 0.228 e. The highest BCUT2D eigenvalue weighted by atomic mass is 16.5. The molecule has 108 valence electrons. The fraction of sp³-hybridized carbons (Fsp3) is 0.533. The van der Waals surface area contributed by atoms with Crippen molar-refractivity contribution in [1.82, 2.24) is 15.1 Å². The lowest BCUT2D eigenvalue weighted by atomic mass is 9.87. The van der Waals surface area contributed by atoms with Gasteiger partial charge >= 0.3 is 0 Å². The molecule has 0 aliphatic rings. The molecule has 1 atom stereocenters. The molecule has 0 saturated carbocycles. The van der Waals surface area contributed by atoms with E-state index in [0.717, 1.165) is 17.5 Å². The summed E-state index contributed by atoms with van der Waals surface area (Å²) in [5.41, 5.74) is 8.30. The van der Waals surface area contributed by atoms with Crippen LogP contribution in [0.2, 0.25) is 0 Å². The van der Waals surface area contributed by atoms with E-state index in [1.165, 1.54) is 0 Å². The van der Waals surface area contributed by atoms with Crippen LogP contribution in [0.15, 0.2) is 23.0 Å². The number of aryl methyl sites for hydroxylation is 1. The van der Waals surface area contributed by atoms with Crippen molar-refractivity contribution in [3.05, 3.63) is 29.9 Å². The van der Waals surface area contributed by atoms with Gasteiger partial charge in [-0.15, -0.1) is 0 Å². The van der Waals surface area contributed by atoms with Crippen molar-refractivity contribution >= 4 is 0 Å². The Bertz CT molecular complexity index is 571. The first kappa shape index (κ1) is 14.7. The van der Waals surface area contributed by atoms with Gasteiger partial charge in [-0.2, -0.15) is 4.98 Å². The number of aromatic nitrogens is 3. The third-order valence-electron chi connectivity index (χ3n) is 3.04. The van der Waals surface area contributed by atoms with Crippen LogP contribution in [0.5, 0.6) is 0 Å². The van der Waals surface area contributed by atoms with Crippen LogP contribution in [-0.2, 0) is 6.42 Å². The van der Waals surface area contributed by atoms with Crippen LogP contribution in [-0.4, -0.2) is 21.2 Å². The number of nitrogens with zero attached hydrogens (tertiary/aromatic N) is 3.